The quantitative estimate of drug-likeness (QED) is 0.732. The predicted octanol–water partition coefficient (Wildman–Crippen LogP) is 1.11. The Morgan fingerprint density at radius 2 is 2.13 bits per heavy atom. The fraction of sp³-hybridized carbons (Fsp3) is 0.636. The topological polar surface area (TPSA) is 72.2 Å². The van der Waals surface area contributed by atoms with Gasteiger partial charge in [0.1, 0.15) is 0 Å². The number of amides is 2. The Kier molecular flexibility index (Phi) is 7.32. The van der Waals surface area contributed by atoms with Crippen molar-refractivity contribution in [2.75, 3.05) is 6.54 Å². The minimum absolute atomic E-state index is 0.0680. The van der Waals surface area contributed by atoms with Crippen LogP contribution in [-0.2, 0) is 9.59 Å². The first-order valence-electron chi connectivity index (χ1n) is 5.35. The first-order valence-corrected chi connectivity index (χ1v) is 5.35. The average Bonchev–Trinajstić information content (AvgIpc) is 2.53. The predicted molar refractivity (Wildman–Crippen MR) is 60.1 cm³/mol. The highest BCUT2D eigenvalue weighted by Crippen LogP contribution is 2.06. The van der Waals surface area contributed by atoms with E-state index in [4.69, 9.17) is 5.73 Å². The molecule has 3 N–H and O–H groups in total. The molecule has 0 radical (unpaired) electrons. The Hall–Kier alpha value is -1.32. The molecule has 1 rings (SSSR count). The van der Waals surface area contributed by atoms with E-state index in [9.17, 15) is 9.59 Å². The van der Waals surface area contributed by atoms with E-state index < -0.39 is 0 Å². The zero-order chi connectivity index (χ0) is 11.7. The molecule has 0 aliphatic carbocycles. The number of primary amides is 1. The van der Waals surface area contributed by atoms with Crippen molar-refractivity contribution in [3.8, 4) is 0 Å². The van der Waals surface area contributed by atoms with Crippen LogP contribution in [0, 0.1) is 0 Å². The highest BCUT2D eigenvalue weighted by atomic mass is 16.1. The lowest BCUT2D eigenvalue weighted by molar-refractivity contribution is -0.118. The van der Waals surface area contributed by atoms with E-state index in [-0.39, 0.29) is 11.8 Å². The summed E-state index contributed by atoms with van der Waals surface area (Å²) in [6.07, 6.45) is 5.25. The van der Waals surface area contributed by atoms with Crippen LogP contribution in [0.3, 0.4) is 0 Å². The second-order valence-electron chi connectivity index (χ2n) is 3.49. The largest absolute Gasteiger partial charge is 0.370 e. The Labute approximate surface area is 90.9 Å². The standard InChI is InChI=1S/C7H11NO.C4H9NO/c1-2-3-6-4-7(9)8-5-6;1-2-3-4(5)6/h4H,2-3,5H2,1H3,(H,8,9);2-3H2,1H3,(H2,5,6). The van der Waals surface area contributed by atoms with Crippen LogP contribution in [0.25, 0.3) is 0 Å². The SMILES string of the molecule is CCCC(N)=O.CCCC1=CC(=O)NC1. The fourth-order valence-electron chi connectivity index (χ4n) is 1.22. The summed E-state index contributed by atoms with van der Waals surface area (Å²) in [5, 5.41) is 2.72. The molecule has 4 nitrogen and oxygen atoms in total. The maximum atomic E-state index is 10.5. The Morgan fingerprint density at radius 3 is 2.40 bits per heavy atom. The number of hydrogen-bond donors (Lipinski definition) is 2. The zero-order valence-electron chi connectivity index (χ0n) is 9.51. The van der Waals surface area contributed by atoms with Crippen molar-refractivity contribution in [3.63, 3.8) is 0 Å². The zero-order valence-corrected chi connectivity index (χ0v) is 9.51. The summed E-state index contributed by atoms with van der Waals surface area (Å²) in [7, 11) is 0. The van der Waals surface area contributed by atoms with Crippen LogP contribution in [0.1, 0.15) is 39.5 Å². The lowest BCUT2D eigenvalue weighted by Crippen LogP contribution is -2.14. The minimum Gasteiger partial charge on any atom is -0.370 e. The third-order valence-electron chi connectivity index (χ3n) is 1.89. The van der Waals surface area contributed by atoms with E-state index in [0.29, 0.717) is 6.42 Å². The van der Waals surface area contributed by atoms with Gasteiger partial charge in [-0.2, -0.15) is 0 Å². The molecule has 0 aromatic rings. The van der Waals surface area contributed by atoms with Crippen LogP contribution < -0.4 is 11.1 Å². The molecule has 15 heavy (non-hydrogen) atoms. The maximum Gasteiger partial charge on any atom is 0.244 e. The molecule has 0 spiro atoms. The van der Waals surface area contributed by atoms with Gasteiger partial charge < -0.3 is 11.1 Å². The molecular weight excluding hydrogens is 192 g/mol. The highest BCUT2D eigenvalue weighted by molar-refractivity contribution is 5.90. The molecule has 0 bridgehead atoms. The monoisotopic (exact) mass is 212 g/mol. The van der Waals surface area contributed by atoms with E-state index in [1.54, 1.807) is 6.08 Å². The molecule has 0 atom stereocenters. The molecular formula is C11H20N2O2. The van der Waals surface area contributed by atoms with Gasteiger partial charge in [0.05, 0.1) is 0 Å². The van der Waals surface area contributed by atoms with Gasteiger partial charge in [-0.15, -0.1) is 0 Å². The third-order valence-corrected chi connectivity index (χ3v) is 1.89. The number of nitrogens with two attached hydrogens (primary N) is 1. The molecule has 86 valence electrons. The van der Waals surface area contributed by atoms with Crippen molar-refractivity contribution in [2.45, 2.75) is 39.5 Å². The molecule has 0 saturated heterocycles. The van der Waals surface area contributed by atoms with E-state index in [1.807, 2.05) is 6.92 Å². The van der Waals surface area contributed by atoms with E-state index >= 15 is 0 Å². The van der Waals surface area contributed by atoms with Gasteiger partial charge in [-0.3, -0.25) is 9.59 Å². The molecule has 4 heteroatoms. The van der Waals surface area contributed by atoms with Crippen molar-refractivity contribution in [3.05, 3.63) is 11.6 Å². The van der Waals surface area contributed by atoms with E-state index in [2.05, 4.69) is 12.2 Å². The van der Waals surface area contributed by atoms with Crippen LogP contribution in [0.4, 0.5) is 0 Å². The Morgan fingerprint density at radius 1 is 1.47 bits per heavy atom. The smallest absolute Gasteiger partial charge is 0.244 e. The molecule has 1 aliphatic rings. The number of carbonyl (C=O) groups is 2. The molecule has 0 saturated carbocycles. The van der Waals surface area contributed by atoms with Gasteiger partial charge >= 0.3 is 0 Å². The second-order valence-corrected chi connectivity index (χ2v) is 3.49. The van der Waals surface area contributed by atoms with E-state index in [1.165, 1.54) is 5.57 Å². The van der Waals surface area contributed by atoms with Crippen molar-refractivity contribution in [1.82, 2.24) is 5.32 Å². The van der Waals surface area contributed by atoms with Crippen molar-refractivity contribution >= 4 is 11.8 Å². The van der Waals surface area contributed by atoms with Crippen LogP contribution in [0.5, 0.6) is 0 Å². The average molecular weight is 212 g/mol. The summed E-state index contributed by atoms with van der Waals surface area (Å²) in [6.45, 7) is 4.81. The van der Waals surface area contributed by atoms with Gasteiger partial charge in [0.15, 0.2) is 0 Å². The molecule has 1 heterocycles. The number of hydrogen-bond acceptors (Lipinski definition) is 2. The molecule has 0 fully saturated rings. The fourth-order valence-corrected chi connectivity index (χ4v) is 1.22. The number of carbonyl (C=O) groups excluding carboxylic acids is 2. The maximum absolute atomic E-state index is 10.5. The van der Waals surface area contributed by atoms with Gasteiger partial charge in [0, 0.05) is 19.0 Å². The normalized spacial score (nSPS) is 13.7. The summed E-state index contributed by atoms with van der Waals surface area (Å²) >= 11 is 0. The van der Waals surface area contributed by atoms with Gasteiger partial charge in [-0.1, -0.05) is 20.3 Å². The van der Waals surface area contributed by atoms with E-state index in [0.717, 1.165) is 25.8 Å². The van der Waals surface area contributed by atoms with Crippen molar-refractivity contribution in [1.29, 1.82) is 0 Å². The highest BCUT2D eigenvalue weighted by Gasteiger charge is 2.07. The van der Waals surface area contributed by atoms with Crippen LogP contribution >= 0.6 is 0 Å². The summed E-state index contributed by atoms with van der Waals surface area (Å²) in [4.78, 5) is 20.4. The molecule has 0 aromatic carbocycles. The Bertz CT molecular complexity index is 247. The van der Waals surface area contributed by atoms with Crippen molar-refractivity contribution < 1.29 is 9.59 Å². The lowest BCUT2D eigenvalue weighted by Gasteiger charge is -1.93. The molecule has 0 unspecified atom stereocenters. The van der Waals surface area contributed by atoms with Crippen LogP contribution in [0.2, 0.25) is 0 Å². The first kappa shape index (κ1) is 13.7. The number of nitrogens with one attached hydrogen (secondary N) is 1. The molecule has 2 amide bonds. The summed E-state index contributed by atoms with van der Waals surface area (Å²) < 4.78 is 0. The first-order chi connectivity index (χ1) is 7.10. The van der Waals surface area contributed by atoms with Gasteiger partial charge in [-0.05, 0) is 18.4 Å². The third kappa shape index (κ3) is 7.73. The number of rotatable bonds is 4. The van der Waals surface area contributed by atoms with Gasteiger partial charge in [0.2, 0.25) is 11.8 Å². The molecule has 1 aliphatic heterocycles. The Balaban J connectivity index is 0.000000288. The van der Waals surface area contributed by atoms with Crippen LogP contribution in [0.15, 0.2) is 11.6 Å². The minimum atomic E-state index is -0.211. The summed E-state index contributed by atoms with van der Waals surface area (Å²) in [5.41, 5.74) is 6.00. The van der Waals surface area contributed by atoms with Crippen LogP contribution in [-0.4, -0.2) is 18.4 Å². The van der Waals surface area contributed by atoms with Crippen molar-refractivity contribution in [2.24, 2.45) is 5.73 Å². The van der Waals surface area contributed by atoms with Gasteiger partial charge in [-0.25, -0.2) is 0 Å². The summed E-state index contributed by atoms with van der Waals surface area (Å²) in [5.74, 6) is -0.143. The molecule has 0 aromatic heterocycles. The van der Waals surface area contributed by atoms with Gasteiger partial charge in [0.25, 0.3) is 0 Å². The summed E-state index contributed by atoms with van der Waals surface area (Å²) in [6, 6.07) is 0. The lowest BCUT2D eigenvalue weighted by atomic mass is 10.2. The second kappa shape index (κ2) is 8.03.